The molecule has 0 spiro atoms. The van der Waals surface area contributed by atoms with Crippen LogP contribution in [0.1, 0.15) is 26.5 Å². The highest BCUT2D eigenvalue weighted by atomic mass is 16.2. The van der Waals surface area contributed by atoms with Gasteiger partial charge in [0.15, 0.2) is 6.29 Å². The van der Waals surface area contributed by atoms with Gasteiger partial charge in [0.05, 0.1) is 5.69 Å². The fourth-order valence-electron chi connectivity index (χ4n) is 1.39. The zero-order valence-corrected chi connectivity index (χ0v) is 9.01. The van der Waals surface area contributed by atoms with Crippen molar-refractivity contribution in [1.82, 2.24) is 15.3 Å². The average molecular weight is 229 g/mol. The van der Waals surface area contributed by atoms with Crippen LogP contribution in [0.5, 0.6) is 0 Å². The van der Waals surface area contributed by atoms with E-state index in [-0.39, 0.29) is 5.91 Å². The molecule has 0 saturated heterocycles. The van der Waals surface area contributed by atoms with Crippen LogP contribution in [0.4, 0.5) is 0 Å². The summed E-state index contributed by atoms with van der Waals surface area (Å²) in [5.41, 5.74) is 1.73. The number of rotatable bonds is 4. The second kappa shape index (κ2) is 5.07. The predicted molar refractivity (Wildman–Crippen MR) is 61.6 cm³/mol. The Labute approximate surface area is 97.9 Å². The summed E-state index contributed by atoms with van der Waals surface area (Å²) in [6.45, 7) is 0.427. The quantitative estimate of drug-likeness (QED) is 0.772. The Morgan fingerprint density at radius 2 is 2.06 bits per heavy atom. The lowest BCUT2D eigenvalue weighted by Gasteiger charge is -2.03. The number of aromatic amines is 1. The van der Waals surface area contributed by atoms with Crippen LogP contribution in [0.25, 0.3) is 0 Å². The first-order valence-corrected chi connectivity index (χ1v) is 5.11. The molecule has 17 heavy (non-hydrogen) atoms. The Morgan fingerprint density at radius 3 is 2.71 bits per heavy atom. The molecule has 0 radical (unpaired) electrons. The van der Waals surface area contributed by atoms with Gasteiger partial charge in [-0.1, -0.05) is 0 Å². The van der Waals surface area contributed by atoms with E-state index < -0.39 is 0 Å². The van der Waals surface area contributed by atoms with Gasteiger partial charge in [0.25, 0.3) is 5.91 Å². The van der Waals surface area contributed by atoms with E-state index in [9.17, 15) is 9.59 Å². The van der Waals surface area contributed by atoms with Gasteiger partial charge in [0, 0.05) is 18.9 Å². The van der Waals surface area contributed by atoms with Gasteiger partial charge in [-0.3, -0.25) is 14.6 Å². The monoisotopic (exact) mass is 229 g/mol. The van der Waals surface area contributed by atoms with Crippen molar-refractivity contribution in [1.29, 1.82) is 0 Å². The van der Waals surface area contributed by atoms with Crippen LogP contribution in [-0.2, 0) is 6.54 Å². The van der Waals surface area contributed by atoms with Gasteiger partial charge in [0.1, 0.15) is 5.69 Å². The Morgan fingerprint density at radius 1 is 1.29 bits per heavy atom. The zero-order chi connectivity index (χ0) is 12.1. The van der Waals surface area contributed by atoms with Crippen molar-refractivity contribution >= 4 is 12.2 Å². The average Bonchev–Trinajstić information content (AvgIpc) is 2.86. The summed E-state index contributed by atoms with van der Waals surface area (Å²) in [4.78, 5) is 28.7. The van der Waals surface area contributed by atoms with Gasteiger partial charge in [-0.05, 0) is 29.8 Å². The first kappa shape index (κ1) is 11.1. The molecular formula is C12H11N3O2. The third-order valence-corrected chi connectivity index (χ3v) is 2.28. The largest absolute Gasteiger partial charge is 0.348 e. The summed E-state index contributed by atoms with van der Waals surface area (Å²) < 4.78 is 0. The van der Waals surface area contributed by atoms with E-state index in [2.05, 4.69) is 15.3 Å². The molecule has 0 atom stereocenters. The normalized spacial score (nSPS) is 9.88. The number of hydrogen-bond acceptors (Lipinski definition) is 3. The van der Waals surface area contributed by atoms with E-state index in [1.165, 1.54) is 0 Å². The molecule has 0 aliphatic carbocycles. The Kier molecular flexibility index (Phi) is 3.30. The van der Waals surface area contributed by atoms with Gasteiger partial charge < -0.3 is 10.3 Å². The molecule has 5 nitrogen and oxygen atoms in total. The molecule has 86 valence electrons. The fourth-order valence-corrected chi connectivity index (χ4v) is 1.39. The van der Waals surface area contributed by atoms with Gasteiger partial charge in [-0.2, -0.15) is 0 Å². The first-order valence-electron chi connectivity index (χ1n) is 5.11. The maximum atomic E-state index is 11.7. The Bertz CT molecular complexity index is 520. The molecule has 2 aromatic rings. The smallest absolute Gasteiger partial charge is 0.267 e. The fraction of sp³-hybridized carbons (Fsp3) is 0.0833. The molecule has 2 N–H and O–H groups in total. The third-order valence-electron chi connectivity index (χ3n) is 2.28. The number of hydrogen-bond donors (Lipinski definition) is 2. The van der Waals surface area contributed by atoms with E-state index >= 15 is 0 Å². The number of amides is 1. The highest BCUT2D eigenvalue weighted by molar-refractivity contribution is 5.93. The van der Waals surface area contributed by atoms with Crippen molar-refractivity contribution in [2.45, 2.75) is 6.54 Å². The topological polar surface area (TPSA) is 74.8 Å². The third kappa shape index (κ3) is 2.78. The molecule has 2 heterocycles. The lowest BCUT2D eigenvalue weighted by atomic mass is 10.2. The van der Waals surface area contributed by atoms with Crippen molar-refractivity contribution in [3.05, 3.63) is 53.6 Å². The van der Waals surface area contributed by atoms with E-state index in [4.69, 9.17) is 0 Å². The summed E-state index contributed by atoms with van der Waals surface area (Å²) in [5.74, 6) is -0.241. The summed E-state index contributed by atoms with van der Waals surface area (Å²) in [5, 5.41) is 2.74. The van der Waals surface area contributed by atoms with Gasteiger partial charge in [-0.15, -0.1) is 0 Å². The van der Waals surface area contributed by atoms with Crippen molar-refractivity contribution in [2.24, 2.45) is 0 Å². The van der Waals surface area contributed by atoms with Crippen LogP contribution in [0.3, 0.4) is 0 Å². The van der Waals surface area contributed by atoms with Crippen molar-refractivity contribution in [3.8, 4) is 0 Å². The maximum absolute atomic E-state index is 11.7. The van der Waals surface area contributed by atoms with Gasteiger partial charge in [0.2, 0.25) is 0 Å². The van der Waals surface area contributed by atoms with Crippen LogP contribution >= 0.6 is 0 Å². The van der Waals surface area contributed by atoms with E-state index in [0.29, 0.717) is 24.2 Å². The standard InChI is InChI=1S/C12H11N3O2/c16-8-10-1-2-11(15-10)12(17)14-7-9-3-5-13-6-4-9/h1-6,8,15H,7H2,(H,14,17). The van der Waals surface area contributed by atoms with E-state index in [0.717, 1.165) is 5.56 Å². The second-order valence-corrected chi connectivity index (χ2v) is 3.48. The predicted octanol–water partition coefficient (Wildman–Crippen LogP) is 1.15. The van der Waals surface area contributed by atoms with Gasteiger partial charge >= 0.3 is 0 Å². The molecule has 2 rings (SSSR count). The van der Waals surface area contributed by atoms with E-state index in [1.807, 2.05) is 12.1 Å². The van der Waals surface area contributed by atoms with Gasteiger partial charge in [-0.25, -0.2) is 0 Å². The van der Waals surface area contributed by atoms with Crippen LogP contribution in [-0.4, -0.2) is 22.2 Å². The highest BCUT2D eigenvalue weighted by Gasteiger charge is 2.07. The van der Waals surface area contributed by atoms with Crippen LogP contribution < -0.4 is 5.32 Å². The lowest BCUT2D eigenvalue weighted by Crippen LogP contribution is -2.23. The maximum Gasteiger partial charge on any atom is 0.267 e. The molecule has 0 aromatic carbocycles. The molecule has 0 aliphatic rings. The molecule has 0 saturated carbocycles. The van der Waals surface area contributed by atoms with E-state index in [1.54, 1.807) is 24.5 Å². The van der Waals surface area contributed by atoms with Crippen LogP contribution in [0, 0.1) is 0 Å². The minimum Gasteiger partial charge on any atom is -0.348 e. The molecule has 1 amide bonds. The summed E-state index contributed by atoms with van der Waals surface area (Å²) >= 11 is 0. The Balaban J connectivity index is 1.96. The summed E-state index contributed by atoms with van der Waals surface area (Å²) in [7, 11) is 0. The number of aromatic nitrogens is 2. The van der Waals surface area contributed by atoms with Crippen LogP contribution in [0.2, 0.25) is 0 Å². The molecule has 0 bridgehead atoms. The second-order valence-electron chi connectivity index (χ2n) is 3.48. The lowest BCUT2D eigenvalue weighted by molar-refractivity contribution is 0.0946. The number of H-pyrrole nitrogens is 1. The molecule has 0 fully saturated rings. The number of carbonyl (C=O) groups excluding carboxylic acids is 2. The minimum absolute atomic E-state index is 0.241. The highest BCUT2D eigenvalue weighted by Crippen LogP contribution is 2.01. The van der Waals surface area contributed by atoms with Crippen LogP contribution in [0.15, 0.2) is 36.7 Å². The number of pyridine rings is 1. The number of nitrogens with zero attached hydrogens (tertiary/aromatic N) is 1. The zero-order valence-electron chi connectivity index (χ0n) is 9.01. The Hall–Kier alpha value is -2.43. The number of aldehydes is 1. The summed E-state index contributed by atoms with van der Waals surface area (Å²) in [6, 6.07) is 6.79. The molecule has 5 heteroatoms. The van der Waals surface area contributed by atoms with Crippen molar-refractivity contribution in [3.63, 3.8) is 0 Å². The molecule has 0 aliphatic heterocycles. The number of nitrogens with one attached hydrogen (secondary N) is 2. The summed E-state index contributed by atoms with van der Waals surface area (Å²) in [6.07, 6.45) is 4.00. The van der Waals surface area contributed by atoms with Crippen molar-refractivity contribution < 1.29 is 9.59 Å². The van der Waals surface area contributed by atoms with Crippen molar-refractivity contribution in [2.75, 3.05) is 0 Å². The minimum atomic E-state index is -0.241. The SMILES string of the molecule is O=Cc1ccc(C(=O)NCc2ccncc2)[nH]1. The molecular weight excluding hydrogens is 218 g/mol. The molecule has 0 unspecified atom stereocenters. The first-order chi connectivity index (χ1) is 8.29. The molecule has 2 aromatic heterocycles. The number of carbonyl (C=O) groups is 2.